The highest BCUT2D eigenvalue weighted by atomic mass is 15.0. The zero-order valence-electron chi connectivity index (χ0n) is 10.8. The van der Waals surface area contributed by atoms with Crippen LogP contribution in [0.3, 0.4) is 0 Å². The lowest BCUT2D eigenvalue weighted by Gasteiger charge is -2.00. The van der Waals surface area contributed by atoms with Crippen molar-refractivity contribution in [2.75, 3.05) is 0 Å². The standard InChI is InChI=1S/C16H18N2/c1-2-3-4-5-15-6-8-16(9-7-15)10-12-18-13-11-17-14-18/h6-9,11,13-14H,2-5H2,1H3. The van der Waals surface area contributed by atoms with E-state index in [0.29, 0.717) is 0 Å². The molecule has 0 aliphatic carbocycles. The summed E-state index contributed by atoms with van der Waals surface area (Å²) in [6.45, 7) is 2.23. The lowest BCUT2D eigenvalue weighted by atomic mass is 10.1. The van der Waals surface area contributed by atoms with E-state index >= 15 is 0 Å². The monoisotopic (exact) mass is 238 g/mol. The first kappa shape index (κ1) is 12.4. The number of hydrogen-bond donors (Lipinski definition) is 0. The fourth-order valence-corrected chi connectivity index (χ4v) is 1.79. The number of unbranched alkanes of at least 4 members (excludes halogenated alkanes) is 2. The SMILES string of the molecule is CCCCCc1ccc(C#Cn2ccnc2)cc1. The highest BCUT2D eigenvalue weighted by Crippen LogP contribution is 2.08. The van der Waals surface area contributed by atoms with Gasteiger partial charge in [-0.2, -0.15) is 0 Å². The van der Waals surface area contributed by atoms with Gasteiger partial charge in [0.1, 0.15) is 6.33 Å². The highest BCUT2D eigenvalue weighted by molar-refractivity contribution is 5.36. The van der Waals surface area contributed by atoms with E-state index < -0.39 is 0 Å². The average Bonchev–Trinajstić information content (AvgIpc) is 2.91. The van der Waals surface area contributed by atoms with Gasteiger partial charge in [0, 0.05) is 24.0 Å². The number of aryl methyl sites for hydroxylation is 1. The second-order valence-corrected chi connectivity index (χ2v) is 4.36. The van der Waals surface area contributed by atoms with Gasteiger partial charge in [-0.05, 0) is 36.5 Å². The fourth-order valence-electron chi connectivity index (χ4n) is 1.79. The largest absolute Gasteiger partial charge is 0.265 e. The third kappa shape index (κ3) is 3.78. The lowest BCUT2D eigenvalue weighted by Crippen LogP contribution is -1.86. The first-order valence-electron chi connectivity index (χ1n) is 6.47. The van der Waals surface area contributed by atoms with Crippen LogP contribution in [0.25, 0.3) is 0 Å². The van der Waals surface area contributed by atoms with Gasteiger partial charge in [-0.3, -0.25) is 4.57 Å². The van der Waals surface area contributed by atoms with Crippen molar-refractivity contribution in [3.05, 3.63) is 54.1 Å². The third-order valence-electron chi connectivity index (χ3n) is 2.86. The van der Waals surface area contributed by atoms with Crippen LogP contribution < -0.4 is 0 Å². The minimum atomic E-state index is 1.04. The summed E-state index contributed by atoms with van der Waals surface area (Å²) >= 11 is 0. The van der Waals surface area contributed by atoms with Gasteiger partial charge in [-0.25, -0.2) is 4.98 Å². The summed E-state index contributed by atoms with van der Waals surface area (Å²) in [6, 6.07) is 11.5. The molecule has 0 atom stereocenters. The maximum atomic E-state index is 3.95. The summed E-state index contributed by atoms with van der Waals surface area (Å²) in [4.78, 5) is 3.95. The van der Waals surface area contributed by atoms with Crippen molar-refractivity contribution >= 4 is 0 Å². The van der Waals surface area contributed by atoms with Crippen molar-refractivity contribution in [1.29, 1.82) is 0 Å². The molecule has 2 heteroatoms. The minimum absolute atomic E-state index is 1.04. The molecular weight excluding hydrogens is 220 g/mol. The molecule has 0 aliphatic heterocycles. The van der Waals surface area contributed by atoms with Crippen LogP contribution in [0.4, 0.5) is 0 Å². The maximum Gasteiger partial charge on any atom is 0.106 e. The fraction of sp³-hybridized carbons (Fsp3) is 0.312. The number of hydrogen-bond acceptors (Lipinski definition) is 1. The predicted molar refractivity (Wildman–Crippen MR) is 74.2 cm³/mol. The summed E-state index contributed by atoms with van der Waals surface area (Å²) in [5, 5.41) is 0. The Morgan fingerprint density at radius 1 is 1.17 bits per heavy atom. The molecule has 2 aromatic rings. The maximum absolute atomic E-state index is 3.95. The van der Waals surface area contributed by atoms with E-state index in [1.54, 1.807) is 17.1 Å². The normalized spacial score (nSPS) is 9.83. The second-order valence-electron chi connectivity index (χ2n) is 4.36. The molecule has 2 rings (SSSR count). The van der Waals surface area contributed by atoms with Crippen LogP contribution in [0.1, 0.15) is 37.3 Å². The molecule has 0 fully saturated rings. The van der Waals surface area contributed by atoms with Gasteiger partial charge in [0.25, 0.3) is 0 Å². The molecule has 0 saturated carbocycles. The Morgan fingerprint density at radius 2 is 2.00 bits per heavy atom. The van der Waals surface area contributed by atoms with Gasteiger partial charge in [0.2, 0.25) is 0 Å². The van der Waals surface area contributed by atoms with Crippen LogP contribution in [0.5, 0.6) is 0 Å². The third-order valence-corrected chi connectivity index (χ3v) is 2.86. The molecule has 1 aromatic heterocycles. The smallest absolute Gasteiger partial charge is 0.106 e. The van der Waals surface area contributed by atoms with Crippen LogP contribution in [0, 0.1) is 12.0 Å². The molecule has 0 saturated heterocycles. The van der Waals surface area contributed by atoms with Gasteiger partial charge >= 0.3 is 0 Å². The second kappa shape index (κ2) is 6.66. The van der Waals surface area contributed by atoms with Crippen LogP contribution in [0.2, 0.25) is 0 Å². The molecule has 1 aromatic carbocycles. The Labute approximate surface area is 109 Å². The summed E-state index contributed by atoms with van der Waals surface area (Å²) in [7, 11) is 0. The average molecular weight is 238 g/mol. The summed E-state index contributed by atoms with van der Waals surface area (Å²) in [5.41, 5.74) is 2.44. The van der Waals surface area contributed by atoms with E-state index in [1.807, 2.05) is 6.20 Å². The Bertz CT molecular complexity index is 512. The highest BCUT2D eigenvalue weighted by Gasteiger charge is 1.93. The van der Waals surface area contributed by atoms with E-state index in [-0.39, 0.29) is 0 Å². The lowest BCUT2D eigenvalue weighted by molar-refractivity contribution is 0.717. The molecular formula is C16H18N2. The van der Waals surface area contributed by atoms with Gasteiger partial charge in [-0.1, -0.05) is 31.9 Å². The van der Waals surface area contributed by atoms with Crippen molar-refractivity contribution < 1.29 is 0 Å². The van der Waals surface area contributed by atoms with E-state index in [0.717, 1.165) is 5.56 Å². The molecule has 0 radical (unpaired) electrons. The quantitative estimate of drug-likeness (QED) is 0.589. The van der Waals surface area contributed by atoms with Crippen LogP contribution in [-0.4, -0.2) is 9.55 Å². The minimum Gasteiger partial charge on any atom is -0.265 e. The number of nitrogens with zero attached hydrogens (tertiary/aromatic N) is 2. The number of aromatic nitrogens is 2. The van der Waals surface area contributed by atoms with Crippen molar-refractivity contribution in [2.45, 2.75) is 32.6 Å². The Balaban J connectivity index is 1.95. The molecule has 0 amide bonds. The van der Waals surface area contributed by atoms with Crippen molar-refractivity contribution in [2.24, 2.45) is 0 Å². The van der Waals surface area contributed by atoms with Crippen molar-refractivity contribution in [1.82, 2.24) is 9.55 Å². The number of imidazole rings is 1. The summed E-state index contributed by atoms with van der Waals surface area (Å²) in [5.74, 6) is 3.11. The van der Waals surface area contributed by atoms with Gasteiger partial charge in [-0.15, -0.1) is 0 Å². The van der Waals surface area contributed by atoms with E-state index in [4.69, 9.17) is 0 Å². The number of rotatable bonds is 4. The predicted octanol–water partition coefficient (Wildman–Crippen LogP) is 3.47. The summed E-state index contributed by atoms with van der Waals surface area (Å²) < 4.78 is 1.76. The Kier molecular flexibility index (Phi) is 4.60. The zero-order chi connectivity index (χ0) is 12.6. The zero-order valence-corrected chi connectivity index (χ0v) is 10.8. The van der Waals surface area contributed by atoms with Crippen molar-refractivity contribution in [3.63, 3.8) is 0 Å². The molecule has 0 bridgehead atoms. The molecule has 92 valence electrons. The molecule has 1 heterocycles. The number of benzene rings is 1. The first-order chi connectivity index (χ1) is 8.88. The van der Waals surface area contributed by atoms with Crippen LogP contribution in [0.15, 0.2) is 43.0 Å². The molecule has 0 spiro atoms. The van der Waals surface area contributed by atoms with Gasteiger partial charge < -0.3 is 0 Å². The van der Waals surface area contributed by atoms with E-state index in [9.17, 15) is 0 Å². The topological polar surface area (TPSA) is 17.8 Å². The molecule has 18 heavy (non-hydrogen) atoms. The van der Waals surface area contributed by atoms with Gasteiger partial charge in [0.15, 0.2) is 0 Å². The molecule has 2 nitrogen and oxygen atoms in total. The Morgan fingerprint density at radius 3 is 2.67 bits per heavy atom. The van der Waals surface area contributed by atoms with Crippen LogP contribution >= 0.6 is 0 Å². The molecule has 0 unspecified atom stereocenters. The molecule has 0 N–H and O–H groups in total. The van der Waals surface area contributed by atoms with Crippen LogP contribution in [-0.2, 0) is 6.42 Å². The van der Waals surface area contributed by atoms with Gasteiger partial charge in [0.05, 0.1) is 0 Å². The van der Waals surface area contributed by atoms with Crippen molar-refractivity contribution in [3.8, 4) is 12.0 Å². The van der Waals surface area contributed by atoms with E-state index in [2.05, 4.69) is 48.1 Å². The van der Waals surface area contributed by atoms with E-state index in [1.165, 1.54) is 31.2 Å². The summed E-state index contributed by atoms with van der Waals surface area (Å²) in [6.07, 6.45) is 10.3. The Hall–Kier alpha value is -2.01. The first-order valence-corrected chi connectivity index (χ1v) is 6.47. The molecule has 0 aliphatic rings.